The van der Waals surface area contributed by atoms with Crippen LogP contribution < -0.4 is 34.6 Å². The van der Waals surface area contributed by atoms with E-state index >= 15 is 0 Å². The second kappa shape index (κ2) is 16.1. The number of hydrogen-bond acceptors (Lipinski definition) is 3. The van der Waals surface area contributed by atoms with Gasteiger partial charge in [0.05, 0.1) is 0 Å². The van der Waals surface area contributed by atoms with Gasteiger partial charge in [-0.1, -0.05) is 54.6 Å². The second-order valence-corrected chi connectivity index (χ2v) is 15.3. The summed E-state index contributed by atoms with van der Waals surface area (Å²) in [6.07, 6.45) is 0.132. The summed E-state index contributed by atoms with van der Waals surface area (Å²) in [7, 11) is 8.32. The molecule has 200 valence electrons. The maximum absolute atomic E-state index is 9.13. The van der Waals surface area contributed by atoms with Crippen LogP contribution in [0.3, 0.4) is 0 Å². The molecule has 0 heterocycles. The molecule has 0 radical (unpaired) electrons. The van der Waals surface area contributed by atoms with Crippen molar-refractivity contribution in [3.63, 3.8) is 0 Å². The van der Waals surface area contributed by atoms with Gasteiger partial charge in [0.15, 0.2) is 0 Å². The molecule has 0 aliphatic rings. The zero-order chi connectivity index (χ0) is 26.2. The fraction of sp³-hybridized carbons (Fsp3) is 0.258. The SMILES string of the molecule is CC[Si](=[Ti+2])CC.CN(C)c1ccc2[cH-]c3ccc(N(C)C)cc3c2c1.Oc1ccc2ccccc2c1.[Cl-].[Cl-]. The number of anilines is 2. The van der Waals surface area contributed by atoms with E-state index in [1.54, 1.807) is 12.1 Å². The van der Waals surface area contributed by atoms with Crippen LogP contribution in [0.4, 0.5) is 11.4 Å². The molecule has 1 N–H and O–H groups in total. The number of nitrogens with zero attached hydrogens (tertiary/aromatic N) is 2. The average molecular weight is 601 g/mol. The summed E-state index contributed by atoms with van der Waals surface area (Å²) in [5.74, 6) is 0.323. The van der Waals surface area contributed by atoms with Crippen molar-refractivity contribution >= 4 is 49.9 Å². The van der Waals surface area contributed by atoms with Crippen molar-refractivity contribution in [2.45, 2.75) is 25.9 Å². The molecule has 5 rings (SSSR count). The molecule has 38 heavy (non-hydrogen) atoms. The molecule has 0 spiro atoms. The molecule has 0 aliphatic heterocycles. The van der Waals surface area contributed by atoms with Crippen molar-refractivity contribution in [2.24, 2.45) is 0 Å². The second-order valence-electron chi connectivity index (χ2n) is 9.32. The van der Waals surface area contributed by atoms with Crippen LogP contribution in [0.25, 0.3) is 32.3 Å². The first-order valence-corrected chi connectivity index (χ1v) is 16.7. The Hall–Kier alpha value is -2.08. The van der Waals surface area contributed by atoms with E-state index in [1.165, 1.54) is 45.0 Å². The summed E-state index contributed by atoms with van der Waals surface area (Å²) in [6, 6.07) is 31.8. The Kier molecular flexibility index (Phi) is 14.4. The quantitative estimate of drug-likeness (QED) is 0.253. The van der Waals surface area contributed by atoms with Gasteiger partial charge in [-0.3, -0.25) is 0 Å². The van der Waals surface area contributed by atoms with E-state index in [1.807, 2.05) is 30.3 Å². The average Bonchev–Trinajstić information content (AvgIpc) is 3.26. The van der Waals surface area contributed by atoms with E-state index in [0.29, 0.717) is 5.75 Å². The first kappa shape index (κ1) is 33.9. The fourth-order valence-corrected chi connectivity index (χ4v) is 4.46. The molecule has 0 bridgehead atoms. The van der Waals surface area contributed by atoms with Gasteiger partial charge in [-0.2, -0.15) is 0 Å². The number of rotatable bonds is 4. The summed E-state index contributed by atoms with van der Waals surface area (Å²) in [5.41, 5.74) is 2.49. The molecule has 0 unspecified atom stereocenters. The molecule has 0 saturated carbocycles. The van der Waals surface area contributed by atoms with Crippen LogP contribution in [0, 0.1) is 0 Å². The molecular formula is C31H37Cl2N2OSiTi-. The minimum Gasteiger partial charge on any atom is -1.00 e. The van der Waals surface area contributed by atoms with Gasteiger partial charge in [-0.05, 0) is 22.9 Å². The number of phenolic OH excluding ortho intramolecular Hbond substituents is 1. The summed E-state index contributed by atoms with van der Waals surface area (Å²) < 4.78 is 0. The summed E-state index contributed by atoms with van der Waals surface area (Å²) in [4.78, 5) is 4.29. The predicted molar refractivity (Wildman–Crippen MR) is 158 cm³/mol. The Balaban J connectivity index is 0.000000324. The molecule has 0 fully saturated rings. The van der Waals surface area contributed by atoms with Crippen molar-refractivity contribution in [3.8, 4) is 5.75 Å². The minimum atomic E-state index is 0. The number of aromatic hydroxyl groups is 1. The molecule has 0 atom stereocenters. The number of halogens is 2. The van der Waals surface area contributed by atoms with Crippen LogP contribution in [0.2, 0.25) is 12.1 Å². The van der Waals surface area contributed by atoms with E-state index in [0.717, 1.165) is 10.8 Å². The first-order chi connectivity index (χ1) is 17.2. The molecule has 3 nitrogen and oxygen atoms in total. The Bertz CT molecular complexity index is 1400. The molecular weight excluding hydrogens is 563 g/mol. The van der Waals surface area contributed by atoms with Gasteiger partial charge < -0.3 is 39.7 Å². The van der Waals surface area contributed by atoms with Gasteiger partial charge in [0.25, 0.3) is 0 Å². The summed E-state index contributed by atoms with van der Waals surface area (Å²) in [5, 5.41) is 16.7. The zero-order valence-electron chi connectivity index (χ0n) is 23.1. The monoisotopic (exact) mass is 599 g/mol. The number of benzene rings is 4. The normalized spacial score (nSPS) is 9.89. The summed E-state index contributed by atoms with van der Waals surface area (Å²) >= 11 is 2.38. The molecule has 0 aromatic heterocycles. The Morgan fingerprint density at radius 3 is 1.58 bits per heavy atom. The molecule has 0 saturated heterocycles. The van der Waals surface area contributed by atoms with E-state index < -0.39 is 0 Å². The minimum absolute atomic E-state index is 0. The number of hydrogen-bond donors (Lipinski definition) is 1. The van der Waals surface area contributed by atoms with Crippen LogP contribution in [0.1, 0.15) is 13.8 Å². The van der Waals surface area contributed by atoms with E-state index in [9.17, 15) is 0 Å². The van der Waals surface area contributed by atoms with E-state index in [-0.39, 0.29) is 31.0 Å². The standard InChI is InChI=1S/C17H19N2.C10H8O.C4H10Si.2ClH.Ti/c1-18(2)14-7-5-12-9-13-6-8-15(19(3)4)11-17(13)16(12)10-14;11-10-6-5-8-3-1-2-4-9(8)7-10;1-3-5-4-2;;;/h5-11H,1-4H3;1-7,11H;3-4H2,1-2H3;2*1H;/q-1;;;;;+2/p-2. The van der Waals surface area contributed by atoms with Crippen molar-refractivity contribution < 1.29 is 49.1 Å². The Labute approximate surface area is 252 Å². The fourth-order valence-electron chi connectivity index (χ4n) is 3.96. The zero-order valence-corrected chi connectivity index (χ0v) is 27.2. The first-order valence-electron chi connectivity index (χ1n) is 12.4. The topological polar surface area (TPSA) is 26.7 Å². The smallest absolute Gasteiger partial charge is 0.116 e. The molecule has 5 aromatic rings. The van der Waals surface area contributed by atoms with Crippen LogP contribution in [-0.4, -0.2) is 39.5 Å². The van der Waals surface area contributed by atoms with Crippen LogP contribution in [0.5, 0.6) is 5.75 Å². The molecule has 0 aliphatic carbocycles. The van der Waals surface area contributed by atoms with Crippen molar-refractivity contribution in [2.75, 3.05) is 38.0 Å². The third-order valence-corrected chi connectivity index (χ3v) is 11.3. The van der Waals surface area contributed by atoms with Crippen LogP contribution >= 0.6 is 0 Å². The van der Waals surface area contributed by atoms with Gasteiger partial charge in [0, 0.05) is 39.6 Å². The maximum Gasteiger partial charge on any atom is 0.116 e. The molecule has 0 amide bonds. The van der Waals surface area contributed by atoms with Crippen LogP contribution in [-0.2, 0) is 19.2 Å². The van der Waals surface area contributed by atoms with E-state index in [2.05, 4.69) is 113 Å². The third-order valence-electron chi connectivity index (χ3n) is 6.29. The van der Waals surface area contributed by atoms with E-state index in [4.69, 9.17) is 5.11 Å². The van der Waals surface area contributed by atoms with Crippen molar-refractivity contribution in [1.29, 1.82) is 0 Å². The van der Waals surface area contributed by atoms with Gasteiger partial charge in [0.1, 0.15) is 5.75 Å². The van der Waals surface area contributed by atoms with Gasteiger partial charge in [-0.15, -0.1) is 39.7 Å². The van der Waals surface area contributed by atoms with Crippen molar-refractivity contribution in [1.82, 2.24) is 0 Å². The van der Waals surface area contributed by atoms with Gasteiger partial charge >= 0.3 is 51.3 Å². The van der Waals surface area contributed by atoms with Gasteiger partial charge in [0.2, 0.25) is 0 Å². The summed E-state index contributed by atoms with van der Waals surface area (Å²) in [6.45, 7) is 4.55. The Morgan fingerprint density at radius 2 is 1.16 bits per heavy atom. The van der Waals surface area contributed by atoms with Crippen LogP contribution in [0.15, 0.2) is 84.9 Å². The Morgan fingerprint density at radius 1 is 0.684 bits per heavy atom. The van der Waals surface area contributed by atoms with Crippen molar-refractivity contribution in [3.05, 3.63) is 84.9 Å². The van der Waals surface area contributed by atoms with Gasteiger partial charge in [-0.25, -0.2) is 0 Å². The number of fused-ring (bicyclic) bond motifs is 4. The largest absolute Gasteiger partial charge is 1.00 e. The third kappa shape index (κ3) is 9.00. The molecule has 5 aromatic carbocycles. The maximum atomic E-state index is 9.13. The molecule has 7 heteroatoms. The number of phenols is 1. The predicted octanol–water partition coefficient (Wildman–Crippen LogP) is 1.96.